The first-order chi connectivity index (χ1) is 18.8. The van der Waals surface area contributed by atoms with Gasteiger partial charge in [0.1, 0.15) is 0 Å². The Bertz CT molecular complexity index is 1730. The number of hydrogen-bond donors (Lipinski definition) is 4. The van der Waals surface area contributed by atoms with Gasteiger partial charge in [0, 0.05) is 0 Å². The fourth-order valence-corrected chi connectivity index (χ4v) is 10.2. The average molecular weight is 687 g/mol. The van der Waals surface area contributed by atoms with E-state index in [0.717, 1.165) is 48.5 Å². The fourth-order valence-electron chi connectivity index (χ4n) is 3.65. The van der Waals surface area contributed by atoms with E-state index in [-0.39, 0.29) is 0 Å². The SMILES string of the molecule is O=S(=O)(O)c1cc[c]([Ni]([c]2ccc(S(=O)(=O)O)cc2)([c]2ccc(S(=O)(=O)O)cc2)[c]2ccc(S(=O)(=O)O)cc2)cc1. The molecule has 4 N–H and O–H groups in total. The normalized spacial score (nSPS) is 13.6. The van der Waals surface area contributed by atoms with Gasteiger partial charge in [0.2, 0.25) is 0 Å². The molecule has 222 valence electrons. The average Bonchev–Trinajstić information content (AvgIpc) is 2.88. The van der Waals surface area contributed by atoms with Crippen molar-refractivity contribution in [3.63, 3.8) is 0 Å². The molecule has 0 aliphatic heterocycles. The second-order valence-electron chi connectivity index (χ2n) is 8.05. The monoisotopic (exact) mass is 686 g/mol. The summed E-state index contributed by atoms with van der Waals surface area (Å²) in [5.41, 5.74) is 0. The van der Waals surface area contributed by atoms with Gasteiger partial charge in [-0.1, -0.05) is 0 Å². The molecular weight excluding hydrogens is 667 g/mol. The number of benzene rings is 4. The summed E-state index contributed by atoms with van der Waals surface area (Å²) in [6.07, 6.45) is 0. The molecule has 12 nitrogen and oxygen atoms in total. The molecular formula is C24H20NiO12S4. The van der Waals surface area contributed by atoms with Crippen LogP contribution in [0.5, 0.6) is 0 Å². The molecule has 0 fully saturated rings. The van der Waals surface area contributed by atoms with E-state index in [0.29, 0.717) is 18.1 Å². The van der Waals surface area contributed by atoms with E-state index in [1.807, 2.05) is 0 Å². The third-order valence-electron chi connectivity index (χ3n) is 5.46. The maximum absolute atomic E-state index is 11.7. The van der Waals surface area contributed by atoms with E-state index in [1.165, 1.54) is 48.5 Å². The molecule has 0 aliphatic rings. The molecule has 0 bridgehead atoms. The zero-order chi connectivity index (χ0) is 30.4. The van der Waals surface area contributed by atoms with Crippen LogP contribution in [-0.4, -0.2) is 51.9 Å². The Kier molecular flexibility index (Phi) is 8.07. The van der Waals surface area contributed by atoms with Crippen molar-refractivity contribution < 1.29 is 64.3 Å². The quantitative estimate of drug-likeness (QED) is 0.147. The minimum atomic E-state index is -4.60. The molecule has 4 rings (SSSR count). The van der Waals surface area contributed by atoms with Crippen molar-refractivity contribution in [3.8, 4) is 0 Å². The molecule has 0 aromatic heterocycles. The van der Waals surface area contributed by atoms with Crippen LogP contribution in [0.3, 0.4) is 0 Å². The summed E-state index contributed by atoms with van der Waals surface area (Å²) < 4.78 is 133. The van der Waals surface area contributed by atoms with Gasteiger partial charge in [0.25, 0.3) is 0 Å². The Labute approximate surface area is 238 Å². The first-order valence-corrected chi connectivity index (χ1v) is 18.5. The van der Waals surface area contributed by atoms with Crippen LogP contribution in [0.25, 0.3) is 0 Å². The van der Waals surface area contributed by atoms with Gasteiger partial charge in [-0.3, -0.25) is 0 Å². The predicted octanol–water partition coefficient (Wildman–Crippen LogP) is 0.429. The van der Waals surface area contributed by atoms with Gasteiger partial charge in [0.15, 0.2) is 0 Å². The summed E-state index contributed by atoms with van der Waals surface area (Å²) in [4.78, 5) is -1.77. The van der Waals surface area contributed by atoms with Crippen molar-refractivity contribution in [3.05, 3.63) is 97.1 Å². The molecule has 0 saturated carbocycles. The Morgan fingerprint density at radius 2 is 0.463 bits per heavy atom. The van der Waals surface area contributed by atoms with E-state index in [2.05, 4.69) is 0 Å². The third kappa shape index (κ3) is 6.28. The Morgan fingerprint density at radius 3 is 0.585 bits per heavy atom. The standard InChI is InChI=1S/4C6H5O3S.Ni/c4*7-10(8,9)6-4-2-1-3-5-6;/h4*2-5H,(H,7,8,9);. The van der Waals surface area contributed by atoms with Gasteiger partial charge in [-0.2, -0.15) is 0 Å². The number of rotatable bonds is 8. The van der Waals surface area contributed by atoms with Gasteiger partial charge in [0.05, 0.1) is 0 Å². The Morgan fingerprint density at radius 1 is 0.317 bits per heavy atom. The first-order valence-electron chi connectivity index (χ1n) is 10.8. The van der Waals surface area contributed by atoms with Crippen LogP contribution in [0, 0.1) is 0 Å². The van der Waals surface area contributed by atoms with Crippen LogP contribution < -0.4 is 18.1 Å². The molecule has 0 saturated heterocycles. The second-order valence-corrected chi connectivity index (χ2v) is 17.5. The van der Waals surface area contributed by atoms with Crippen LogP contribution >= 0.6 is 0 Å². The Hall–Kier alpha value is -2.99. The molecule has 17 heteroatoms. The second kappa shape index (κ2) is 10.7. The van der Waals surface area contributed by atoms with Crippen LogP contribution in [0.4, 0.5) is 0 Å². The first kappa shape index (κ1) is 31.0. The summed E-state index contributed by atoms with van der Waals surface area (Å²) in [5, 5.41) is 0. The van der Waals surface area contributed by atoms with Crippen molar-refractivity contribution in [2.75, 3.05) is 0 Å². The van der Waals surface area contributed by atoms with Crippen molar-refractivity contribution in [1.29, 1.82) is 0 Å². The van der Waals surface area contributed by atoms with Gasteiger partial charge in [-0.15, -0.1) is 0 Å². The summed E-state index contributed by atoms with van der Waals surface area (Å²) in [5.74, 6) is 0. The summed E-state index contributed by atoms with van der Waals surface area (Å²) in [6, 6.07) is 19.8. The van der Waals surface area contributed by atoms with E-state index in [1.54, 1.807) is 0 Å². The molecule has 4 aromatic rings. The van der Waals surface area contributed by atoms with Gasteiger partial charge in [-0.05, 0) is 0 Å². The molecule has 0 atom stereocenters. The van der Waals surface area contributed by atoms with Crippen LogP contribution in [0.1, 0.15) is 0 Å². The summed E-state index contributed by atoms with van der Waals surface area (Å²) in [7, 11) is -18.4. The van der Waals surface area contributed by atoms with Gasteiger partial charge >= 0.3 is 240 Å². The summed E-state index contributed by atoms with van der Waals surface area (Å²) in [6.45, 7) is 0. The van der Waals surface area contributed by atoms with E-state index < -0.39 is 72.4 Å². The van der Waals surface area contributed by atoms with Gasteiger partial charge < -0.3 is 0 Å². The summed E-state index contributed by atoms with van der Waals surface area (Å²) >= 11 is -3.03. The van der Waals surface area contributed by atoms with Crippen LogP contribution in [-0.2, 0) is 52.9 Å². The van der Waals surface area contributed by atoms with E-state index >= 15 is 0 Å². The zero-order valence-corrected chi connectivity index (χ0v) is 24.5. The molecule has 0 radical (unpaired) electrons. The Balaban J connectivity index is 2.15. The third-order valence-corrected chi connectivity index (χ3v) is 13.7. The fraction of sp³-hybridized carbons (Fsp3) is 0. The molecule has 0 unspecified atom stereocenters. The number of hydrogen-bond acceptors (Lipinski definition) is 8. The van der Waals surface area contributed by atoms with E-state index in [4.69, 9.17) is 0 Å². The molecule has 0 amide bonds. The molecule has 41 heavy (non-hydrogen) atoms. The molecule has 0 aliphatic carbocycles. The van der Waals surface area contributed by atoms with Crippen LogP contribution in [0.2, 0.25) is 0 Å². The molecule has 4 aromatic carbocycles. The maximum atomic E-state index is 11.7. The van der Waals surface area contributed by atoms with Crippen molar-refractivity contribution in [2.45, 2.75) is 19.6 Å². The van der Waals surface area contributed by atoms with E-state index in [9.17, 15) is 51.9 Å². The predicted molar refractivity (Wildman–Crippen MR) is 144 cm³/mol. The van der Waals surface area contributed by atoms with Crippen molar-refractivity contribution in [2.24, 2.45) is 0 Å². The van der Waals surface area contributed by atoms with Crippen molar-refractivity contribution in [1.82, 2.24) is 0 Å². The molecule has 0 spiro atoms. The van der Waals surface area contributed by atoms with Crippen LogP contribution in [0.15, 0.2) is 117 Å². The molecule has 0 heterocycles. The van der Waals surface area contributed by atoms with Crippen molar-refractivity contribution >= 4 is 58.6 Å². The van der Waals surface area contributed by atoms with Gasteiger partial charge in [-0.25, -0.2) is 0 Å². The topological polar surface area (TPSA) is 217 Å². The zero-order valence-electron chi connectivity index (χ0n) is 20.2. The minimum absolute atomic E-state index is 0.375.